The average molecular weight is 422 g/mol. The van der Waals surface area contributed by atoms with Gasteiger partial charge in [-0.3, -0.25) is 15.2 Å². The number of fused-ring (bicyclic) bond motifs is 1. The zero-order valence-electron chi connectivity index (χ0n) is 15.6. The standard InChI is InChI=1S/C19H18ClF2N5O2/c1-10(9-29-2)23-19(25-18(28)11-3-6-14(21)15(22)7-11)24-17-13-5-4-12(20)8-16(13)26-27-17/h3-8,10H,9H2,1-2H3,(H3,23,24,25,26,27,28). The van der Waals surface area contributed by atoms with Crippen molar-refractivity contribution in [2.45, 2.75) is 13.0 Å². The van der Waals surface area contributed by atoms with Crippen molar-refractivity contribution in [1.82, 2.24) is 15.5 Å². The van der Waals surface area contributed by atoms with Crippen molar-refractivity contribution in [2.24, 2.45) is 4.99 Å². The second-order valence-corrected chi connectivity index (χ2v) is 6.69. The van der Waals surface area contributed by atoms with E-state index in [9.17, 15) is 13.6 Å². The van der Waals surface area contributed by atoms with Gasteiger partial charge >= 0.3 is 0 Å². The number of hydrogen-bond acceptors (Lipinski definition) is 4. The molecule has 29 heavy (non-hydrogen) atoms. The van der Waals surface area contributed by atoms with Gasteiger partial charge in [0, 0.05) is 23.1 Å². The van der Waals surface area contributed by atoms with Crippen molar-refractivity contribution in [3.05, 3.63) is 58.6 Å². The number of nitrogens with zero attached hydrogens (tertiary/aromatic N) is 2. The molecule has 0 spiro atoms. The van der Waals surface area contributed by atoms with Crippen LogP contribution in [0, 0.1) is 11.6 Å². The van der Waals surface area contributed by atoms with Crippen molar-refractivity contribution in [2.75, 3.05) is 19.0 Å². The number of H-pyrrole nitrogens is 1. The van der Waals surface area contributed by atoms with Crippen molar-refractivity contribution in [1.29, 1.82) is 0 Å². The van der Waals surface area contributed by atoms with Crippen molar-refractivity contribution in [3.8, 4) is 0 Å². The Hall–Kier alpha value is -3.04. The summed E-state index contributed by atoms with van der Waals surface area (Å²) in [5.41, 5.74) is 0.632. The molecule has 3 aromatic rings. The lowest BCUT2D eigenvalue weighted by Crippen LogP contribution is -2.37. The zero-order valence-corrected chi connectivity index (χ0v) is 16.3. The highest BCUT2D eigenvalue weighted by Gasteiger charge is 2.15. The molecule has 2 aromatic carbocycles. The molecule has 10 heteroatoms. The van der Waals surface area contributed by atoms with E-state index in [4.69, 9.17) is 16.3 Å². The fourth-order valence-electron chi connectivity index (χ4n) is 2.61. The van der Waals surface area contributed by atoms with E-state index in [1.165, 1.54) is 13.2 Å². The van der Waals surface area contributed by atoms with Crippen LogP contribution < -0.4 is 10.6 Å². The Bertz CT molecular complexity index is 1070. The first kappa shape index (κ1) is 20.7. The first-order valence-electron chi connectivity index (χ1n) is 8.61. The van der Waals surface area contributed by atoms with Gasteiger partial charge in [0.25, 0.3) is 5.91 Å². The van der Waals surface area contributed by atoms with Gasteiger partial charge in [-0.2, -0.15) is 5.10 Å². The maximum atomic E-state index is 13.5. The van der Waals surface area contributed by atoms with Crippen LogP contribution in [-0.2, 0) is 4.74 Å². The molecule has 0 fully saturated rings. The molecule has 0 aliphatic rings. The number of amides is 1. The van der Waals surface area contributed by atoms with E-state index in [0.717, 1.165) is 17.5 Å². The number of guanidine groups is 1. The molecule has 0 saturated heterocycles. The molecule has 1 atom stereocenters. The maximum Gasteiger partial charge on any atom is 0.258 e. The summed E-state index contributed by atoms with van der Waals surface area (Å²) in [4.78, 5) is 16.9. The molecule has 1 aromatic heterocycles. The number of carbonyl (C=O) groups is 1. The Kier molecular flexibility index (Phi) is 6.40. The summed E-state index contributed by atoms with van der Waals surface area (Å²) in [7, 11) is 1.53. The summed E-state index contributed by atoms with van der Waals surface area (Å²) in [5, 5.41) is 13.8. The van der Waals surface area contributed by atoms with E-state index < -0.39 is 17.5 Å². The smallest absolute Gasteiger partial charge is 0.258 e. The van der Waals surface area contributed by atoms with Crippen LogP contribution in [0.5, 0.6) is 0 Å². The minimum Gasteiger partial charge on any atom is -0.382 e. The number of ether oxygens (including phenoxy) is 1. The highest BCUT2D eigenvalue weighted by Crippen LogP contribution is 2.23. The van der Waals surface area contributed by atoms with Crippen molar-refractivity contribution < 1.29 is 18.3 Å². The Morgan fingerprint density at radius 3 is 2.79 bits per heavy atom. The Labute approximate surface area is 170 Å². The number of methoxy groups -OCH3 is 1. The molecule has 3 N–H and O–H groups in total. The highest BCUT2D eigenvalue weighted by atomic mass is 35.5. The average Bonchev–Trinajstić information content (AvgIpc) is 3.05. The molecule has 0 radical (unpaired) electrons. The number of aromatic nitrogens is 2. The molecular formula is C19H18ClF2N5O2. The minimum absolute atomic E-state index is 0.0588. The second-order valence-electron chi connectivity index (χ2n) is 6.25. The Morgan fingerprint density at radius 1 is 1.28 bits per heavy atom. The monoisotopic (exact) mass is 421 g/mol. The van der Waals surface area contributed by atoms with Crippen LogP contribution in [0.25, 0.3) is 10.9 Å². The van der Waals surface area contributed by atoms with E-state index in [-0.39, 0.29) is 17.6 Å². The van der Waals surface area contributed by atoms with Crippen LogP contribution in [0.2, 0.25) is 5.02 Å². The highest BCUT2D eigenvalue weighted by molar-refractivity contribution is 6.31. The molecule has 1 amide bonds. The van der Waals surface area contributed by atoms with Gasteiger partial charge in [0.2, 0.25) is 5.96 Å². The maximum absolute atomic E-state index is 13.5. The largest absolute Gasteiger partial charge is 0.382 e. The van der Waals surface area contributed by atoms with Crippen molar-refractivity contribution in [3.63, 3.8) is 0 Å². The molecule has 1 heterocycles. The summed E-state index contributed by atoms with van der Waals surface area (Å²) >= 11 is 5.98. The molecular weight excluding hydrogens is 404 g/mol. The summed E-state index contributed by atoms with van der Waals surface area (Å²) in [6.07, 6.45) is 0. The van der Waals surface area contributed by atoms with E-state index >= 15 is 0 Å². The van der Waals surface area contributed by atoms with Crippen LogP contribution >= 0.6 is 11.6 Å². The van der Waals surface area contributed by atoms with Crippen LogP contribution in [-0.4, -0.2) is 41.8 Å². The molecule has 0 bridgehead atoms. The van der Waals surface area contributed by atoms with E-state index in [2.05, 4.69) is 25.8 Å². The normalized spacial score (nSPS) is 12.8. The molecule has 3 rings (SSSR count). The molecule has 0 saturated carbocycles. The number of benzene rings is 2. The van der Waals surface area contributed by atoms with E-state index in [1.54, 1.807) is 25.1 Å². The van der Waals surface area contributed by atoms with Gasteiger partial charge in [-0.15, -0.1) is 0 Å². The zero-order chi connectivity index (χ0) is 21.0. The predicted octanol–water partition coefficient (Wildman–Crippen LogP) is 3.73. The fraction of sp³-hybridized carbons (Fsp3) is 0.211. The van der Waals surface area contributed by atoms with Crippen molar-refractivity contribution >= 4 is 40.2 Å². The molecule has 7 nitrogen and oxygen atoms in total. The van der Waals surface area contributed by atoms with Gasteiger partial charge in [-0.25, -0.2) is 13.8 Å². The van der Waals surface area contributed by atoms with Gasteiger partial charge in [0.15, 0.2) is 17.5 Å². The molecule has 1 unspecified atom stereocenters. The SMILES string of the molecule is COCC(C)N=C(NC(=O)c1ccc(F)c(F)c1)Nc1n[nH]c2cc(Cl)ccc12. The third-order valence-electron chi connectivity index (χ3n) is 3.93. The Morgan fingerprint density at radius 2 is 2.07 bits per heavy atom. The summed E-state index contributed by atoms with van der Waals surface area (Å²) in [6, 6.07) is 7.74. The lowest BCUT2D eigenvalue weighted by atomic mass is 10.2. The predicted molar refractivity (Wildman–Crippen MR) is 107 cm³/mol. The molecule has 152 valence electrons. The third-order valence-corrected chi connectivity index (χ3v) is 4.17. The quantitative estimate of drug-likeness (QED) is 0.432. The first-order chi connectivity index (χ1) is 13.9. The van der Waals surface area contributed by atoms with Crippen LogP contribution in [0.1, 0.15) is 17.3 Å². The molecule has 0 aliphatic carbocycles. The Balaban J connectivity index is 1.87. The first-order valence-corrected chi connectivity index (χ1v) is 8.99. The van der Waals surface area contributed by atoms with Gasteiger partial charge < -0.3 is 10.1 Å². The molecule has 0 aliphatic heterocycles. The number of rotatable bonds is 5. The number of nitrogens with one attached hydrogen (secondary N) is 3. The number of halogens is 3. The fourth-order valence-corrected chi connectivity index (χ4v) is 2.78. The van der Waals surface area contributed by atoms with Gasteiger partial charge in [0.1, 0.15) is 0 Å². The lowest BCUT2D eigenvalue weighted by molar-refractivity contribution is 0.0976. The summed E-state index contributed by atoms with van der Waals surface area (Å²) < 4.78 is 31.7. The number of hydrogen-bond donors (Lipinski definition) is 3. The number of carbonyl (C=O) groups excluding carboxylic acids is 1. The minimum atomic E-state index is -1.12. The van der Waals surface area contributed by atoms with Crippen LogP contribution in [0.3, 0.4) is 0 Å². The second kappa shape index (κ2) is 8.97. The van der Waals surface area contributed by atoms with Gasteiger partial charge in [0.05, 0.1) is 18.2 Å². The summed E-state index contributed by atoms with van der Waals surface area (Å²) in [6.45, 7) is 2.10. The third kappa shape index (κ3) is 5.07. The van der Waals surface area contributed by atoms with E-state index in [1.807, 2.05) is 0 Å². The number of aliphatic imine (C=N–C) groups is 1. The van der Waals surface area contributed by atoms with E-state index in [0.29, 0.717) is 23.0 Å². The van der Waals surface area contributed by atoms with Gasteiger partial charge in [-0.1, -0.05) is 11.6 Å². The van der Waals surface area contributed by atoms with Crippen LogP contribution in [0.4, 0.5) is 14.6 Å². The topological polar surface area (TPSA) is 91.4 Å². The summed E-state index contributed by atoms with van der Waals surface area (Å²) in [5.74, 6) is -2.34. The number of aromatic amines is 1. The van der Waals surface area contributed by atoms with Crippen LogP contribution in [0.15, 0.2) is 41.4 Å². The lowest BCUT2D eigenvalue weighted by Gasteiger charge is -2.13. The number of anilines is 1. The van der Waals surface area contributed by atoms with Gasteiger partial charge in [-0.05, 0) is 43.3 Å².